The summed E-state index contributed by atoms with van der Waals surface area (Å²) in [5.41, 5.74) is 2.08. The number of aromatic nitrogens is 2. The molecule has 1 N–H and O–H groups in total. The molecule has 5 nitrogen and oxygen atoms in total. The molecule has 4 rings (SSSR count). The van der Waals surface area contributed by atoms with Gasteiger partial charge in [0.15, 0.2) is 0 Å². The van der Waals surface area contributed by atoms with Crippen LogP contribution in [0.15, 0.2) is 61.1 Å². The van der Waals surface area contributed by atoms with Gasteiger partial charge in [-0.05, 0) is 31.2 Å². The van der Waals surface area contributed by atoms with E-state index in [1.165, 1.54) is 6.20 Å². The molecule has 0 atom stereocenters. The summed E-state index contributed by atoms with van der Waals surface area (Å²) in [4.78, 5) is 21.4. The van der Waals surface area contributed by atoms with Gasteiger partial charge in [0.25, 0.3) is 5.91 Å². The Morgan fingerprint density at radius 1 is 1.00 bits per heavy atom. The van der Waals surface area contributed by atoms with E-state index < -0.39 is 5.91 Å². The lowest BCUT2D eigenvalue weighted by atomic mass is 10.1. The van der Waals surface area contributed by atoms with Gasteiger partial charge in [-0.15, -0.1) is 0 Å². The Balaban J connectivity index is 1.75. The minimum Gasteiger partial charge on any atom is -0.455 e. The number of amides is 1. The summed E-state index contributed by atoms with van der Waals surface area (Å²) >= 11 is 18.3. The molecule has 0 fully saturated rings. The molecule has 0 saturated heterocycles. The molecule has 0 aliphatic heterocycles. The van der Waals surface area contributed by atoms with E-state index in [0.717, 1.165) is 10.9 Å². The summed E-state index contributed by atoms with van der Waals surface area (Å²) in [6, 6.07) is 12.0. The van der Waals surface area contributed by atoms with E-state index in [2.05, 4.69) is 15.3 Å². The molecular formula is C22H14Cl3N3O2. The highest BCUT2D eigenvalue weighted by molar-refractivity contribution is 6.40. The van der Waals surface area contributed by atoms with Crippen LogP contribution in [0.2, 0.25) is 15.1 Å². The number of hydrogen-bond donors (Lipinski definition) is 1. The topological polar surface area (TPSA) is 64.1 Å². The maximum absolute atomic E-state index is 12.8. The monoisotopic (exact) mass is 457 g/mol. The SMILES string of the molecule is Cc1cnc2c(NC(=O)c3c(Cl)cccc3Cl)cccc2c1Oc1cncc(Cl)c1. The van der Waals surface area contributed by atoms with Gasteiger partial charge < -0.3 is 10.1 Å². The summed E-state index contributed by atoms with van der Waals surface area (Å²) < 4.78 is 6.04. The first-order chi connectivity index (χ1) is 14.4. The zero-order valence-corrected chi connectivity index (χ0v) is 17.9. The molecule has 0 bridgehead atoms. The average molecular weight is 459 g/mol. The van der Waals surface area contributed by atoms with Gasteiger partial charge in [-0.25, -0.2) is 0 Å². The van der Waals surface area contributed by atoms with Crippen molar-refractivity contribution in [2.45, 2.75) is 6.92 Å². The van der Waals surface area contributed by atoms with Crippen LogP contribution in [0.25, 0.3) is 10.9 Å². The van der Waals surface area contributed by atoms with Gasteiger partial charge in [-0.3, -0.25) is 14.8 Å². The number of carbonyl (C=O) groups is 1. The lowest BCUT2D eigenvalue weighted by molar-refractivity contribution is 0.102. The highest BCUT2D eigenvalue weighted by atomic mass is 35.5. The lowest BCUT2D eigenvalue weighted by Crippen LogP contribution is -2.13. The highest BCUT2D eigenvalue weighted by Crippen LogP contribution is 2.36. The van der Waals surface area contributed by atoms with E-state index in [4.69, 9.17) is 39.5 Å². The fraction of sp³-hybridized carbons (Fsp3) is 0.0455. The summed E-state index contributed by atoms with van der Waals surface area (Å²) in [6.45, 7) is 1.88. The Bertz CT molecular complexity index is 1260. The van der Waals surface area contributed by atoms with Crippen molar-refractivity contribution in [3.8, 4) is 11.5 Å². The quantitative estimate of drug-likeness (QED) is 0.359. The van der Waals surface area contributed by atoms with E-state index in [-0.39, 0.29) is 15.6 Å². The van der Waals surface area contributed by atoms with Gasteiger partial charge in [0.05, 0.1) is 38.0 Å². The Labute approximate surface area is 187 Å². The molecular weight excluding hydrogens is 445 g/mol. The number of benzene rings is 2. The van der Waals surface area contributed by atoms with Crippen molar-refractivity contribution in [1.29, 1.82) is 0 Å². The van der Waals surface area contributed by atoms with Crippen LogP contribution in [-0.4, -0.2) is 15.9 Å². The van der Waals surface area contributed by atoms with Crippen LogP contribution in [0, 0.1) is 6.92 Å². The Hall–Kier alpha value is -2.86. The van der Waals surface area contributed by atoms with Crippen molar-refractivity contribution in [3.05, 3.63) is 87.2 Å². The second-order valence-electron chi connectivity index (χ2n) is 6.46. The Morgan fingerprint density at radius 2 is 1.73 bits per heavy atom. The van der Waals surface area contributed by atoms with Crippen molar-refractivity contribution in [1.82, 2.24) is 9.97 Å². The maximum Gasteiger partial charge on any atom is 0.258 e. The van der Waals surface area contributed by atoms with E-state index >= 15 is 0 Å². The van der Waals surface area contributed by atoms with E-state index in [1.807, 2.05) is 13.0 Å². The zero-order chi connectivity index (χ0) is 21.3. The molecule has 2 heterocycles. The number of nitrogens with one attached hydrogen (secondary N) is 1. The summed E-state index contributed by atoms with van der Waals surface area (Å²) in [7, 11) is 0. The van der Waals surface area contributed by atoms with E-state index in [0.29, 0.717) is 27.7 Å². The molecule has 0 saturated carbocycles. The fourth-order valence-electron chi connectivity index (χ4n) is 3.00. The Morgan fingerprint density at radius 3 is 2.47 bits per heavy atom. The van der Waals surface area contributed by atoms with Gasteiger partial charge in [-0.2, -0.15) is 0 Å². The van der Waals surface area contributed by atoms with Crippen molar-refractivity contribution < 1.29 is 9.53 Å². The molecule has 0 aliphatic rings. The molecule has 0 spiro atoms. The first-order valence-corrected chi connectivity index (χ1v) is 9.99. The molecule has 1 amide bonds. The van der Waals surface area contributed by atoms with Crippen LogP contribution < -0.4 is 10.1 Å². The standard InChI is InChI=1S/C22H14Cl3N3O2/c1-12-9-27-20-15(21(12)30-14-8-13(23)10-26-11-14)4-2-7-18(20)28-22(29)19-16(24)5-3-6-17(19)25/h2-11H,1H3,(H,28,29). The number of fused-ring (bicyclic) bond motifs is 1. The second-order valence-corrected chi connectivity index (χ2v) is 7.71. The molecule has 30 heavy (non-hydrogen) atoms. The first-order valence-electron chi connectivity index (χ1n) is 8.86. The van der Waals surface area contributed by atoms with Crippen molar-refractivity contribution in [2.24, 2.45) is 0 Å². The third kappa shape index (κ3) is 4.05. The van der Waals surface area contributed by atoms with Crippen LogP contribution in [0.4, 0.5) is 5.69 Å². The molecule has 4 aromatic rings. The number of ether oxygens (including phenoxy) is 1. The number of aryl methyl sites for hydroxylation is 1. The third-order valence-electron chi connectivity index (χ3n) is 4.36. The number of nitrogens with zero attached hydrogens (tertiary/aromatic N) is 2. The molecule has 0 aliphatic carbocycles. The normalized spacial score (nSPS) is 10.8. The van der Waals surface area contributed by atoms with E-state index in [1.54, 1.807) is 48.8 Å². The maximum atomic E-state index is 12.8. The minimum atomic E-state index is -0.429. The fourth-order valence-corrected chi connectivity index (χ4v) is 3.73. The van der Waals surface area contributed by atoms with Crippen molar-refractivity contribution in [3.63, 3.8) is 0 Å². The average Bonchev–Trinajstić information content (AvgIpc) is 2.70. The van der Waals surface area contributed by atoms with Crippen LogP contribution in [0.5, 0.6) is 11.5 Å². The summed E-state index contributed by atoms with van der Waals surface area (Å²) in [6.07, 6.45) is 4.77. The number of para-hydroxylation sites is 1. The van der Waals surface area contributed by atoms with Gasteiger partial charge in [0.1, 0.15) is 11.5 Å². The highest BCUT2D eigenvalue weighted by Gasteiger charge is 2.17. The molecule has 150 valence electrons. The largest absolute Gasteiger partial charge is 0.455 e. The number of carbonyl (C=O) groups excluding carboxylic acids is 1. The van der Waals surface area contributed by atoms with Crippen LogP contribution >= 0.6 is 34.8 Å². The Kier molecular flexibility index (Phi) is 5.77. The molecule has 0 radical (unpaired) electrons. The van der Waals surface area contributed by atoms with Gasteiger partial charge in [0.2, 0.25) is 0 Å². The molecule has 2 aromatic carbocycles. The van der Waals surface area contributed by atoms with Crippen LogP contribution in [0.1, 0.15) is 15.9 Å². The predicted molar refractivity (Wildman–Crippen MR) is 120 cm³/mol. The van der Waals surface area contributed by atoms with Crippen molar-refractivity contribution in [2.75, 3.05) is 5.32 Å². The summed E-state index contributed by atoms with van der Waals surface area (Å²) in [5, 5.41) is 4.56. The number of halogens is 3. The second kappa shape index (κ2) is 8.48. The summed E-state index contributed by atoms with van der Waals surface area (Å²) in [5.74, 6) is 0.660. The minimum absolute atomic E-state index is 0.200. The van der Waals surface area contributed by atoms with Crippen LogP contribution in [-0.2, 0) is 0 Å². The predicted octanol–water partition coefficient (Wildman–Crippen LogP) is 6.94. The number of pyridine rings is 2. The molecule has 2 aromatic heterocycles. The van der Waals surface area contributed by atoms with Crippen LogP contribution in [0.3, 0.4) is 0 Å². The van der Waals surface area contributed by atoms with Gasteiger partial charge >= 0.3 is 0 Å². The lowest BCUT2D eigenvalue weighted by Gasteiger charge is -2.14. The van der Waals surface area contributed by atoms with Gasteiger partial charge in [-0.1, -0.05) is 46.9 Å². The number of anilines is 1. The van der Waals surface area contributed by atoms with Gasteiger partial charge in [0, 0.05) is 29.4 Å². The number of rotatable bonds is 4. The zero-order valence-electron chi connectivity index (χ0n) is 15.6. The van der Waals surface area contributed by atoms with E-state index in [9.17, 15) is 4.79 Å². The number of hydrogen-bond acceptors (Lipinski definition) is 4. The molecule has 0 unspecified atom stereocenters. The third-order valence-corrected chi connectivity index (χ3v) is 5.20. The first kappa shape index (κ1) is 20.4. The molecule has 8 heteroatoms. The smallest absolute Gasteiger partial charge is 0.258 e. The van der Waals surface area contributed by atoms with Crippen molar-refractivity contribution >= 4 is 57.3 Å².